The molecule has 0 saturated heterocycles. The van der Waals surface area contributed by atoms with Crippen LogP contribution in [0.1, 0.15) is 43.2 Å². The molecule has 4 heteroatoms. The Bertz CT molecular complexity index is 2700. The molecule has 5 aliphatic carbocycles. The molecule has 0 unspecified atom stereocenters. The number of aromatic nitrogens is 3. The lowest BCUT2D eigenvalue weighted by molar-refractivity contribution is -0.0399. The van der Waals surface area contributed by atoms with Gasteiger partial charge in [0.25, 0.3) is 0 Å². The van der Waals surface area contributed by atoms with Gasteiger partial charge in [0.1, 0.15) is 11.2 Å². The number of pyridine rings is 1. The van der Waals surface area contributed by atoms with Crippen molar-refractivity contribution in [3.8, 4) is 45.2 Å². The Hall–Kier alpha value is -5.61. The number of para-hydroxylation sites is 2. The smallest absolute Gasteiger partial charge is 0.160 e. The Morgan fingerprint density at radius 3 is 2.14 bits per heavy atom. The number of hydrogen-bond donors (Lipinski definition) is 0. The number of benzene rings is 5. The molecule has 4 fully saturated rings. The third-order valence-corrected chi connectivity index (χ3v) is 13.1. The molecule has 1 spiro atoms. The summed E-state index contributed by atoms with van der Waals surface area (Å²) in [5.74, 6) is 3.74. The normalized spacial score (nSPS) is 24.2. The third kappa shape index (κ3) is 3.83. The van der Waals surface area contributed by atoms with Crippen molar-refractivity contribution in [1.29, 1.82) is 0 Å². The van der Waals surface area contributed by atoms with E-state index in [0.29, 0.717) is 17.7 Å². The fraction of sp³-hybridized carbons (Fsp3) is 0.213. The first kappa shape index (κ1) is 28.1. The van der Waals surface area contributed by atoms with Gasteiger partial charge in [0.15, 0.2) is 5.82 Å². The molecule has 5 aliphatic rings. The second-order valence-electron chi connectivity index (χ2n) is 15.6. The van der Waals surface area contributed by atoms with Gasteiger partial charge in [0, 0.05) is 38.3 Å². The molecule has 3 heterocycles. The molecule has 4 bridgehead atoms. The molecule has 13 rings (SSSR count). The molecule has 0 amide bonds. The predicted octanol–water partition coefficient (Wildman–Crippen LogP) is 11.6. The van der Waals surface area contributed by atoms with E-state index in [2.05, 4.69) is 115 Å². The monoisotopic (exact) mass is 657 g/mol. The summed E-state index contributed by atoms with van der Waals surface area (Å²) in [4.78, 5) is 15.7. The third-order valence-electron chi connectivity index (χ3n) is 13.1. The lowest BCUT2D eigenvalue weighted by atomic mass is 9.43. The van der Waals surface area contributed by atoms with Gasteiger partial charge in [-0.1, -0.05) is 103 Å². The van der Waals surface area contributed by atoms with Crippen LogP contribution in [0.5, 0.6) is 0 Å². The van der Waals surface area contributed by atoms with Crippen LogP contribution in [0, 0.1) is 23.7 Å². The topological polar surface area (TPSA) is 51.8 Å². The number of hydrogen-bond acceptors (Lipinski definition) is 4. The van der Waals surface area contributed by atoms with Crippen molar-refractivity contribution >= 4 is 32.8 Å². The first-order valence-electron chi connectivity index (χ1n) is 18.6. The second kappa shape index (κ2) is 10.2. The van der Waals surface area contributed by atoms with Gasteiger partial charge in [-0.25, -0.2) is 15.0 Å². The molecule has 4 saturated carbocycles. The van der Waals surface area contributed by atoms with Crippen LogP contribution < -0.4 is 0 Å². The Labute approximate surface area is 296 Å². The summed E-state index contributed by atoms with van der Waals surface area (Å²) in [5, 5.41) is 3.49. The van der Waals surface area contributed by atoms with Gasteiger partial charge in [-0.2, -0.15) is 0 Å². The molecule has 0 radical (unpaired) electrons. The molecule has 0 atom stereocenters. The van der Waals surface area contributed by atoms with Crippen molar-refractivity contribution in [2.45, 2.75) is 37.5 Å². The molecule has 244 valence electrons. The van der Waals surface area contributed by atoms with Crippen LogP contribution in [0.4, 0.5) is 0 Å². The van der Waals surface area contributed by atoms with Crippen LogP contribution in [-0.4, -0.2) is 15.0 Å². The Morgan fingerprint density at radius 2 is 1.27 bits per heavy atom. The average Bonchev–Trinajstić information content (AvgIpc) is 3.71. The van der Waals surface area contributed by atoms with E-state index in [1.54, 1.807) is 0 Å². The summed E-state index contributed by atoms with van der Waals surface area (Å²) in [6, 6.07) is 45.5. The zero-order valence-corrected chi connectivity index (χ0v) is 28.2. The maximum absolute atomic E-state index is 6.91. The minimum absolute atomic E-state index is 0.000712. The van der Waals surface area contributed by atoms with E-state index >= 15 is 0 Å². The summed E-state index contributed by atoms with van der Waals surface area (Å²) in [6.07, 6.45) is 6.76. The second-order valence-corrected chi connectivity index (χ2v) is 15.6. The van der Waals surface area contributed by atoms with E-state index in [-0.39, 0.29) is 5.41 Å². The number of furan rings is 1. The summed E-state index contributed by atoms with van der Waals surface area (Å²) >= 11 is 0. The van der Waals surface area contributed by atoms with Gasteiger partial charge in [-0.15, -0.1) is 0 Å². The van der Waals surface area contributed by atoms with Gasteiger partial charge in [0.2, 0.25) is 0 Å². The standard InChI is InChI=1S/C47H35N3O/c1-2-10-30(11-3-1)46-49-40(26-41(50-46)39-20-17-29-9-4-6-15-38(29)48-39)35-13-8-14-36-43(35)44-37(19-18-34-33-12-5-7-16-42(33)51-45(34)44)47(36)31-22-27-21-28(24-31)25-32(47)23-27/h1-20,26-28,31-32H,21-25H2. The van der Waals surface area contributed by atoms with Crippen LogP contribution >= 0.6 is 0 Å². The van der Waals surface area contributed by atoms with E-state index < -0.39 is 0 Å². The summed E-state index contributed by atoms with van der Waals surface area (Å²) in [5.41, 5.74) is 13.2. The van der Waals surface area contributed by atoms with Crippen LogP contribution in [0.3, 0.4) is 0 Å². The maximum Gasteiger partial charge on any atom is 0.160 e. The number of rotatable bonds is 3. The van der Waals surface area contributed by atoms with E-state index in [1.807, 2.05) is 12.1 Å². The van der Waals surface area contributed by atoms with E-state index in [9.17, 15) is 0 Å². The molecular formula is C47H35N3O. The highest BCUT2D eigenvalue weighted by Crippen LogP contribution is 2.70. The molecule has 3 aromatic heterocycles. The first-order chi connectivity index (χ1) is 25.2. The molecule has 0 N–H and O–H groups in total. The van der Waals surface area contributed by atoms with Gasteiger partial charge in [0.05, 0.1) is 22.6 Å². The predicted molar refractivity (Wildman–Crippen MR) is 204 cm³/mol. The average molecular weight is 658 g/mol. The molecule has 8 aromatic rings. The van der Waals surface area contributed by atoms with Gasteiger partial charge in [-0.3, -0.25) is 0 Å². The van der Waals surface area contributed by atoms with Gasteiger partial charge < -0.3 is 4.42 Å². The van der Waals surface area contributed by atoms with E-state index in [1.165, 1.54) is 65.1 Å². The van der Waals surface area contributed by atoms with Crippen molar-refractivity contribution in [3.05, 3.63) is 139 Å². The van der Waals surface area contributed by atoms with Crippen molar-refractivity contribution in [1.82, 2.24) is 15.0 Å². The van der Waals surface area contributed by atoms with E-state index in [4.69, 9.17) is 19.4 Å². The van der Waals surface area contributed by atoms with Crippen LogP contribution in [0.2, 0.25) is 0 Å². The Morgan fingerprint density at radius 1 is 0.529 bits per heavy atom. The largest absolute Gasteiger partial charge is 0.455 e. The molecular weight excluding hydrogens is 623 g/mol. The first-order valence-corrected chi connectivity index (χ1v) is 18.6. The SMILES string of the molecule is c1ccc(-c2nc(-c3ccc4ccccc4n3)cc(-c3cccc4c3-c3c(ccc5c3oc3ccccc35)C43C4CC5CC(C4)CC3C5)n2)cc1. The van der Waals surface area contributed by atoms with E-state index in [0.717, 1.165) is 62.1 Å². The number of nitrogens with zero attached hydrogens (tertiary/aromatic N) is 3. The summed E-state index contributed by atoms with van der Waals surface area (Å²) < 4.78 is 6.91. The van der Waals surface area contributed by atoms with Gasteiger partial charge >= 0.3 is 0 Å². The van der Waals surface area contributed by atoms with Crippen LogP contribution in [-0.2, 0) is 5.41 Å². The highest BCUT2D eigenvalue weighted by molar-refractivity contribution is 6.13. The zero-order chi connectivity index (χ0) is 33.3. The Kier molecular flexibility index (Phi) is 5.64. The number of fused-ring (bicyclic) bond motifs is 8. The highest BCUT2D eigenvalue weighted by Gasteiger charge is 2.62. The molecule has 0 aliphatic heterocycles. The van der Waals surface area contributed by atoms with Crippen LogP contribution in [0.15, 0.2) is 132 Å². The Balaban J connectivity index is 1.16. The quantitative estimate of drug-likeness (QED) is 0.190. The van der Waals surface area contributed by atoms with Gasteiger partial charge in [-0.05, 0) is 96.7 Å². The molecule has 4 nitrogen and oxygen atoms in total. The minimum atomic E-state index is -0.000712. The summed E-state index contributed by atoms with van der Waals surface area (Å²) in [7, 11) is 0. The maximum atomic E-state index is 6.91. The minimum Gasteiger partial charge on any atom is -0.455 e. The molecule has 51 heavy (non-hydrogen) atoms. The molecule has 5 aromatic carbocycles. The zero-order valence-electron chi connectivity index (χ0n) is 28.2. The fourth-order valence-corrected chi connectivity index (χ4v) is 11.4. The summed E-state index contributed by atoms with van der Waals surface area (Å²) in [6.45, 7) is 0. The highest BCUT2D eigenvalue weighted by atomic mass is 16.3. The van der Waals surface area contributed by atoms with Crippen molar-refractivity contribution in [2.75, 3.05) is 0 Å². The fourth-order valence-electron chi connectivity index (χ4n) is 11.4. The van der Waals surface area contributed by atoms with Crippen molar-refractivity contribution in [2.24, 2.45) is 23.7 Å². The van der Waals surface area contributed by atoms with Crippen molar-refractivity contribution < 1.29 is 4.42 Å². The lowest BCUT2D eigenvalue weighted by Crippen LogP contribution is -2.55. The lowest BCUT2D eigenvalue weighted by Gasteiger charge is -2.61. The van der Waals surface area contributed by atoms with Crippen molar-refractivity contribution in [3.63, 3.8) is 0 Å². The van der Waals surface area contributed by atoms with Crippen LogP contribution in [0.25, 0.3) is 78.0 Å².